The van der Waals surface area contributed by atoms with Crippen molar-refractivity contribution in [1.29, 1.82) is 0 Å². The highest BCUT2D eigenvalue weighted by molar-refractivity contribution is 5.94. The first-order valence-corrected chi connectivity index (χ1v) is 10.3. The molecule has 0 aliphatic rings. The summed E-state index contributed by atoms with van der Waals surface area (Å²) in [6, 6.07) is -3.88. The molecule has 0 aromatic carbocycles. The first-order chi connectivity index (χ1) is 14.4. The SMILES string of the molecule is CC(C)CC(NC(=O)C(C)N)C(=O)NC(Cc1cnc[nH]1)C(=O)NC(C(=O)O)C(C)C. The minimum Gasteiger partial charge on any atom is -0.480 e. The fourth-order valence-corrected chi connectivity index (χ4v) is 2.87. The Balaban J connectivity index is 3.05. The van der Waals surface area contributed by atoms with Crippen LogP contribution < -0.4 is 21.7 Å². The van der Waals surface area contributed by atoms with Gasteiger partial charge in [0, 0.05) is 18.3 Å². The minimum atomic E-state index is -1.17. The summed E-state index contributed by atoms with van der Waals surface area (Å²) in [6.07, 6.45) is 3.35. The Bertz CT molecular complexity index is 747. The average Bonchev–Trinajstić information content (AvgIpc) is 3.16. The monoisotopic (exact) mass is 438 g/mol. The molecule has 4 unspecified atom stereocenters. The second kappa shape index (κ2) is 12.0. The van der Waals surface area contributed by atoms with Gasteiger partial charge >= 0.3 is 5.97 Å². The van der Waals surface area contributed by atoms with Crippen molar-refractivity contribution in [2.24, 2.45) is 17.6 Å². The number of amides is 3. The van der Waals surface area contributed by atoms with Crippen LogP contribution in [0.25, 0.3) is 0 Å². The second-order valence-corrected chi connectivity index (χ2v) is 8.39. The highest BCUT2D eigenvalue weighted by Gasteiger charge is 2.31. The summed E-state index contributed by atoms with van der Waals surface area (Å²) in [6.45, 7) is 8.64. The van der Waals surface area contributed by atoms with Crippen LogP contribution >= 0.6 is 0 Å². The van der Waals surface area contributed by atoms with Gasteiger partial charge in [-0.3, -0.25) is 14.4 Å². The van der Waals surface area contributed by atoms with Crippen LogP contribution in [0, 0.1) is 11.8 Å². The summed E-state index contributed by atoms with van der Waals surface area (Å²) in [5.74, 6) is -3.13. The Morgan fingerprint density at radius 2 is 1.58 bits per heavy atom. The van der Waals surface area contributed by atoms with Crippen LogP contribution in [-0.2, 0) is 25.6 Å². The van der Waals surface area contributed by atoms with Crippen molar-refractivity contribution in [2.45, 2.75) is 71.6 Å². The number of carboxylic acids is 1. The Hall–Kier alpha value is -2.95. The van der Waals surface area contributed by atoms with E-state index in [0.29, 0.717) is 12.1 Å². The second-order valence-electron chi connectivity index (χ2n) is 8.39. The topological polar surface area (TPSA) is 179 Å². The molecule has 0 radical (unpaired) electrons. The predicted molar refractivity (Wildman–Crippen MR) is 114 cm³/mol. The van der Waals surface area contributed by atoms with Crippen LogP contribution in [-0.4, -0.2) is 62.9 Å². The zero-order chi connectivity index (χ0) is 23.7. The van der Waals surface area contributed by atoms with Gasteiger partial charge in [0.2, 0.25) is 17.7 Å². The van der Waals surface area contributed by atoms with E-state index < -0.39 is 47.9 Å². The van der Waals surface area contributed by atoms with Crippen molar-refractivity contribution in [2.75, 3.05) is 0 Å². The van der Waals surface area contributed by atoms with E-state index in [1.807, 2.05) is 13.8 Å². The van der Waals surface area contributed by atoms with Crippen LogP contribution in [0.5, 0.6) is 0 Å². The molecule has 0 bridgehead atoms. The smallest absolute Gasteiger partial charge is 0.326 e. The molecule has 174 valence electrons. The zero-order valence-electron chi connectivity index (χ0n) is 18.6. The maximum Gasteiger partial charge on any atom is 0.326 e. The third-order valence-corrected chi connectivity index (χ3v) is 4.60. The number of nitrogens with two attached hydrogens (primary N) is 1. The molecule has 11 nitrogen and oxygen atoms in total. The summed E-state index contributed by atoms with van der Waals surface area (Å²) < 4.78 is 0. The van der Waals surface area contributed by atoms with Crippen molar-refractivity contribution in [3.05, 3.63) is 18.2 Å². The molecule has 0 spiro atoms. The molecular formula is C20H34N6O5. The quantitative estimate of drug-likeness (QED) is 0.255. The van der Waals surface area contributed by atoms with Crippen LogP contribution in [0.15, 0.2) is 12.5 Å². The third-order valence-electron chi connectivity index (χ3n) is 4.60. The van der Waals surface area contributed by atoms with Crippen molar-refractivity contribution in [3.63, 3.8) is 0 Å². The van der Waals surface area contributed by atoms with Crippen LogP contribution in [0.4, 0.5) is 0 Å². The maximum atomic E-state index is 12.9. The van der Waals surface area contributed by atoms with E-state index in [9.17, 15) is 24.3 Å². The molecule has 3 amide bonds. The molecule has 1 aromatic rings. The van der Waals surface area contributed by atoms with Gasteiger partial charge < -0.3 is 31.8 Å². The van der Waals surface area contributed by atoms with Gasteiger partial charge in [-0.1, -0.05) is 27.7 Å². The molecule has 4 atom stereocenters. The average molecular weight is 439 g/mol. The van der Waals surface area contributed by atoms with Gasteiger partial charge in [0.15, 0.2) is 0 Å². The first-order valence-electron chi connectivity index (χ1n) is 10.3. The lowest BCUT2D eigenvalue weighted by atomic mass is 10.0. The number of nitrogens with one attached hydrogen (secondary N) is 4. The molecule has 0 saturated carbocycles. The number of aromatic amines is 1. The molecule has 7 N–H and O–H groups in total. The molecule has 11 heteroatoms. The van der Waals surface area contributed by atoms with E-state index in [1.165, 1.54) is 19.4 Å². The van der Waals surface area contributed by atoms with Gasteiger partial charge in [-0.15, -0.1) is 0 Å². The number of nitrogens with zero attached hydrogens (tertiary/aromatic N) is 1. The van der Waals surface area contributed by atoms with Crippen molar-refractivity contribution in [3.8, 4) is 0 Å². The van der Waals surface area contributed by atoms with Gasteiger partial charge in [0.1, 0.15) is 18.1 Å². The number of carbonyl (C=O) groups is 4. The van der Waals surface area contributed by atoms with E-state index in [-0.39, 0.29) is 18.3 Å². The van der Waals surface area contributed by atoms with E-state index in [1.54, 1.807) is 13.8 Å². The third kappa shape index (κ3) is 8.75. The number of hydrogen-bond donors (Lipinski definition) is 6. The number of carbonyl (C=O) groups excluding carboxylic acids is 3. The van der Waals surface area contributed by atoms with E-state index in [4.69, 9.17) is 5.73 Å². The van der Waals surface area contributed by atoms with Gasteiger partial charge in [-0.05, 0) is 25.2 Å². The molecular weight excluding hydrogens is 404 g/mol. The highest BCUT2D eigenvalue weighted by Crippen LogP contribution is 2.08. The van der Waals surface area contributed by atoms with Gasteiger partial charge in [-0.25, -0.2) is 9.78 Å². The molecule has 1 aromatic heterocycles. The van der Waals surface area contributed by atoms with Gasteiger partial charge in [-0.2, -0.15) is 0 Å². The lowest BCUT2D eigenvalue weighted by Crippen LogP contribution is -2.58. The fourth-order valence-electron chi connectivity index (χ4n) is 2.87. The van der Waals surface area contributed by atoms with Crippen molar-refractivity contribution < 1.29 is 24.3 Å². The number of aromatic nitrogens is 2. The van der Waals surface area contributed by atoms with Crippen LogP contribution in [0.3, 0.4) is 0 Å². The normalized spacial score (nSPS) is 15.1. The number of H-pyrrole nitrogens is 1. The Morgan fingerprint density at radius 3 is 2.03 bits per heavy atom. The fraction of sp³-hybridized carbons (Fsp3) is 0.650. The van der Waals surface area contributed by atoms with E-state index >= 15 is 0 Å². The Labute approximate surface area is 181 Å². The molecule has 1 rings (SSSR count). The van der Waals surface area contributed by atoms with Crippen LogP contribution in [0.1, 0.15) is 46.7 Å². The van der Waals surface area contributed by atoms with Crippen molar-refractivity contribution >= 4 is 23.7 Å². The summed E-state index contributed by atoms with van der Waals surface area (Å²) in [5.41, 5.74) is 6.17. The predicted octanol–water partition coefficient (Wildman–Crippen LogP) is -0.459. The lowest BCUT2D eigenvalue weighted by molar-refractivity contribution is -0.143. The van der Waals surface area contributed by atoms with Gasteiger partial charge in [0.05, 0.1) is 12.4 Å². The summed E-state index contributed by atoms with van der Waals surface area (Å²) in [4.78, 5) is 56.1. The Morgan fingerprint density at radius 1 is 1.00 bits per heavy atom. The number of hydrogen-bond acceptors (Lipinski definition) is 6. The Kier molecular flexibility index (Phi) is 10.1. The number of rotatable bonds is 12. The molecule has 1 heterocycles. The van der Waals surface area contributed by atoms with Crippen molar-refractivity contribution in [1.82, 2.24) is 25.9 Å². The molecule has 0 saturated heterocycles. The molecule has 0 aliphatic carbocycles. The first kappa shape index (κ1) is 26.1. The molecule has 0 fully saturated rings. The lowest BCUT2D eigenvalue weighted by Gasteiger charge is -2.26. The van der Waals surface area contributed by atoms with E-state index in [0.717, 1.165) is 0 Å². The number of imidazole rings is 1. The summed E-state index contributed by atoms with van der Waals surface area (Å²) >= 11 is 0. The van der Waals surface area contributed by atoms with E-state index in [2.05, 4.69) is 25.9 Å². The van der Waals surface area contributed by atoms with Crippen LogP contribution in [0.2, 0.25) is 0 Å². The molecule has 31 heavy (non-hydrogen) atoms. The largest absolute Gasteiger partial charge is 0.480 e. The maximum absolute atomic E-state index is 12.9. The summed E-state index contributed by atoms with van der Waals surface area (Å²) in [7, 11) is 0. The summed E-state index contributed by atoms with van der Waals surface area (Å²) in [5, 5.41) is 17.1. The number of aliphatic carboxylic acids is 1. The minimum absolute atomic E-state index is 0.0671. The number of carboxylic acid groups (broad SMARTS) is 1. The highest BCUT2D eigenvalue weighted by atomic mass is 16.4. The molecule has 0 aliphatic heterocycles. The standard InChI is InChI=1S/C20H34N6O5/c1-10(2)6-14(24-17(27)12(5)21)18(28)25-15(7-13-8-22-9-23-13)19(29)26-16(11(3)4)20(30)31/h8-12,14-16H,6-7,21H2,1-5H3,(H,22,23)(H,24,27)(H,25,28)(H,26,29)(H,30,31). The van der Waals surface area contributed by atoms with Gasteiger partial charge in [0.25, 0.3) is 0 Å². The zero-order valence-corrected chi connectivity index (χ0v) is 18.6.